The van der Waals surface area contributed by atoms with Crippen molar-refractivity contribution in [2.24, 2.45) is 13.0 Å². The molecule has 0 amide bonds. The lowest BCUT2D eigenvalue weighted by Crippen LogP contribution is -2.31. The van der Waals surface area contributed by atoms with Crippen LogP contribution in [0.2, 0.25) is 0 Å². The van der Waals surface area contributed by atoms with E-state index in [1.807, 2.05) is 19.9 Å². The number of benzene rings is 3. The second-order valence-electron chi connectivity index (χ2n) is 10.5. The SMILES string of the molecule is Cc1cc2c(oc3cc(C(C)C)c(F)cc32)c(-c2c3ccc(CC(C)C)cc3cc[n+]2C)c1C. The molecule has 3 heteroatoms. The van der Waals surface area contributed by atoms with Gasteiger partial charge in [-0.3, -0.25) is 0 Å². The lowest BCUT2D eigenvalue weighted by Gasteiger charge is -2.12. The van der Waals surface area contributed by atoms with Crippen LogP contribution in [-0.2, 0) is 13.5 Å². The van der Waals surface area contributed by atoms with Crippen LogP contribution in [0.3, 0.4) is 0 Å². The first-order chi connectivity index (χ1) is 16.2. The third kappa shape index (κ3) is 3.58. The van der Waals surface area contributed by atoms with Crippen molar-refractivity contribution in [3.05, 3.63) is 76.7 Å². The first-order valence-corrected chi connectivity index (χ1v) is 12.2. The maximum absolute atomic E-state index is 14.9. The number of aromatic nitrogens is 1. The molecular formula is C31H33FNO+. The summed E-state index contributed by atoms with van der Waals surface area (Å²) in [6.45, 7) is 12.8. The van der Waals surface area contributed by atoms with Gasteiger partial charge in [0.05, 0.1) is 10.9 Å². The normalized spacial score (nSPS) is 12.2. The predicted octanol–water partition coefficient (Wildman–Crippen LogP) is 8.31. The van der Waals surface area contributed by atoms with Crippen LogP contribution in [-0.4, -0.2) is 0 Å². The van der Waals surface area contributed by atoms with Crippen LogP contribution in [0.25, 0.3) is 44.0 Å². The van der Waals surface area contributed by atoms with Crippen molar-refractivity contribution in [1.29, 1.82) is 0 Å². The second kappa shape index (κ2) is 8.23. The molecule has 2 nitrogen and oxygen atoms in total. The first-order valence-electron chi connectivity index (χ1n) is 12.2. The minimum absolute atomic E-state index is 0.0939. The highest BCUT2D eigenvalue weighted by Crippen LogP contribution is 2.41. The maximum atomic E-state index is 14.9. The van der Waals surface area contributed by atoms with E-state index in [0.717, 1.165) is 39.6 Å². The van der Waals surface area contributed by atoms with Crippen molar-refractivity contribution in [3.8, 4) is 11.3 Å². The Balaban J connectivity index is 1.86. The fourth-order valence-electron chi connectivity index (χ4n) is 5.23. The standard InChI is InChI=1S/C31H33FNO/c1-17(2)12-21-8-9-23-22(14-21)10-11-33(7)30(23)29-20(6)19(5)13-26-25-15-27(32)24(18(3)4)16-28(25)34-31(26)29/h8-11,13-18H,12H2,1-7H3/q+1. The zero-order chi connectivity index (χ0) is 24.3. The zero-order valence-corrected chi connectivity index (χ0v) is 21.2. The molecule has 3 aromatic carbocycles. The van der Waals surface area contributed by atoms with E-state index in [-0.39, 0.29) is 11.7 Å². The van der Waals surface area contributed by atoms with Gasteiger partial charge in [-0.2, -0.15) is 0 Å². The molecule has 0 N–H and O–H groups in total. The number of halogens is 1. The molecule has 34 heavy (non-hydrogen) atoms. The van der Waals surface area contributed by atoms with E-state index in [0.29, 0.717) is 11.5 Å². The molecule has 0 aliphatic carbocycles. The van der Waals surface area contributed by atoms with Crippen LogP contribution < -0.4 is 4.57 Å². The van der Waals surface area contributed by atoms with Gasteiger partial charge in [0.25, 0.3) is 0 Å². The monoisotopic (exact) mass is 454 g/mol. The number of furan rings is 1. The molecule has 0 fully saturated rings. The molecule has 174 valence electrons. The lowest BCUT2D eigenvalue weighted by atomic mass is 9.92. The summed E-state index contributed by atoms with van der Waals surface area (Å²) in [5.41, 5.74) is 8.19. The van der Waals surface area contributed by atoms with E-state index >= 15 is 0 Å². The van der Waals surface area contributed by atoms with Gasteiger partial charge >= 0.3 is 0 Å². The number of aryl methyl sites for hydroxylation is 2. The molecule has 0 unspecified atom stereocenters. The topological polar surface area (TPSA) is 17.0 Å². The van der Waals surface area contributed by atoms with Gasteiger partial charge in [-0.15, -0.1) is 0 Å². The molecule has 0 spiro atoms. The van der Waals surface area contributed by atoms with Crippen LogP contribution in [0, 0.1) is 25.6 Å². The minimum Gasteiger partial charge on any atom is -0.455 e. The Morgan fingerprint density at radius 1 is 0.912 bits per heavy atom. The molecule has 5 rings (SSSR count). The quantitative estimate of drug-likeness (QED) is 0.250. The van der Waals surface area contributed by atoms with Gasteiger partial charge in [-0.1, -0.05) is 39.8 Å². The van der Waals surface area contributed by atoms with E-state index in [1.54, 1.807) is 6.07 Å². The van der Waals surface area contributed by atoms with E-state index in [4.69, 9.17) is 4.42 Å². The van der Waals surface area contributed by atoms with Crippen LogP contribution in [0.4, 0.5) is 4.39 Å². The van der Waals surface area contributed by atoms with Crippen molar-refractivity contribution in [2.75, 3.05) is 0 Å². The third-order valence-corrected chi connectivity index (χ3v) is 7.10. The number of hydrogen-bond acceptors (Lipinski definition) is 1. The van der Waals surface area contributed by atoms with Crippen molar-refractivity contribution < 1.29 is 13.4 Å². The first kappa shape index (κ1) is 22.6. The second-order valence-corrected chi connectivity index (χ2v) is 10.5. The zero-order valence-electron chi connectivity index (χ0n) is 21.2. The summed E-state index contributed by atoms with van der Waals surface area (Å²) in [4.78, 5) is 0. The molecule has 0 saturated carbocycles. The Hall–Kier alpha value is -3.20. The highest BCUT2D eigenvalue weighted by atomic mass is 19.1. The molecule has 2 aromatic heterocycles. The van der Waals surface area contributed by atoms with Gasteiger partial charge in [0.2, 0.25) is 5.69 Å². The van der Waals surface area contributed by atoms with Gasteiger partial charge in [0.15, 0.2) is 6.20 Å². The van der Waals surface area contributed by atoms with Crippen LogP contribution in [0.1, 0.15) is 55.9 Å². The minimum atomic E-state index is -0.168. The summed E-state index contributed by atoms with van der Waals surface area (Å²) in [6.07, 6.45) is 3.19. The number of fused-ring (bicyclic) bond motifs is 4. The Kier molecular flexibility index (Phi) is 5.47. The van der Waals surface area contributed by atoms with Gasteiger partial charge in [-0.25, -0.2) is 8.96 Å². The smallest absolute Gasteiger partial charge is 0.224 e. The van der Waals surface area contributed by atoms with Crippen molar-refractivity contribution in [2.45, 2.75) is 53.9 Å². The van der Waals surface area contributed by atoms with E-state index < -0.39 is 0 Å². The number of hydrogen-bond donors (Lipinski definition) is 0. The average Bonchev–Trinajstić information content (AvgIpc) is 3.11. The van der Waals surface area contributed by atoms with E-state index in [1.165, 1.54) is 27.5 Å². The molecule has 0 saturated heterocycles. The van der Waals surface area contributed by atoms with E-state index in [9.17, 15) is 4.39 Å². The van der Waals surface area contributed by atoms with Gasteiger partial charge in [-0.05, 0) is 84.0 Å². The Labute approximate surface area is 201 Å². The summed E-state index contributed by atoms with van der Waals surface area (Å²) in [7, 11) is 2.09. The fourth-order valence-corrected chi connectivity index (χ4v) is 5.23. The Morgan fingerprint density at radius 2 is 1.68 bits per heavy atom. The molecule has 2 heterocycles. The van der Waals surface area contributed by atoms with Gasteiger partial charge in [0, 0.05) is 16.8 Å². The third-order valence-electron chi connectivity index (χ3n) is 7.10. The summed E-state index contributed by atoms with van der Waals surface area (Å²) in [6, 6.07) is 14.7. The molecule has 0 aliphatic heterocycles. The van der Waals surface area contributed by atoms with Crippen LogP contribution in [0.15, 0.2) is 53.1 Å². The van der Waals surface area contributed by atoms with Crippen molar-refractivity contribution in [1.82, 2.24) is 0 Å². The predicted molar refractivity (Wildman–Crippen MR) is 140 cm³/mol. The van der Waals surface area contributed by atoms with Gasteiger partial charge in [0.1, 0.15) is 24.0 Å². The van der Waals surface area contributed by atoms with Crippen molar-refractivity contribution >= 4 is 32.7 Å². The highest BCUT2D eigenvalue weighted by Gasteiger charge is 2.25. The van der Waals surface area contributed by atoms with Crippen LogP contribution in [0.5, 0.6) is 0 Å². The molecule has 0 atom stereocenters. The maximum Gasteiger partial charge on any atom is 0.224 e. The Morgan fingerprint density at radius 3 is 2.38 bits per heavy atom. The molecular weight excluding hydrogens is 421 g/mol. The number of rotatable bonds is 4. The average molecular weight is 455 g/mol. The highest BCUT2D eigenvalue weighted by molar-refractivity contribution is 6.12. The molecule has 0 aliphatic rings. The fraction of sp³-hybridized carbons (Fsp3) is 0.323. The van der Waals surface area contributed by atoms with Crippen LogP contribution >= 0.6 is 0 Å². The number of pyridine rings is 1. The summed E-state index contributed by atoms with van der Waals surface area (Å²) < 4.78 is 23.6. The number of nitrogens with zero attached hydrogens (tertiary/aromatic N) is 1. The summed E-state index contributed by atoms with van der Waals surface area (Å²) in [5, 5.41) is 4.23. The molecule has 0 bridgehead atoms. The lowest BCUT2D eigenvalue weighted by molar-refractivity contribution is -0.659. The molecule has 5 aromatic rings. The van der Waals surface area contributed by atoms with E-state index in [2.05, 4.69) is 75.8 Å². The van der Waals surface area contributed by atoms with Crippen molar-refractivity contribution in [3.63, 3.8) is 0 Å². The Bertz CT molecular complexity index is 1570. The molecule has 0 radical (unpaired) electrons. The van der Waals surface area contributed by atoms with Gasteiger partial charge < -0.3 is 4.42 Å². The summed E-state index contributed by atoms with van der Waals surface area (Å²) in [5.74, 6) is 0.539. The largest absolute Gasteiger partial charge is 0.455 e. The summed E-state index contributed by atoms with van der Waals surface area (Å²) >= 11 is 0.